The Kier molecular flexibility index (Phi) is 3.95. The van der Waals surface area contributed by atoms with E-state index in [4.69, 9.17) is 4.74 Å². The van der Waals surface area contributed by atoms with E-state index in [0.717, 1.165) is 29.3 Å². The van der Waals surface area contributed by atoms with E-state index >= 15 is 0 Å². The third kappa shape index (κ3) is 2.94. The normalized spacial score (nSPS) is 28.4. The maximum absolute atomic E-state index is 12.6. The second kappa shape index (κ2) is 5.95. The summed E-state index contributed by atoms with van der Waals surface area (Å²) >= 11 is 0. The van der Waals surface area contributed by atoms with Crippen molar-refractivity contribution in [3.8, 4) is 0 Å². The molecule has 2 saturated heterocycles. The minimum Gasteiger partial charge on any atom is -0.444 e. The molecule has 1 amide bonds. The molecule has 138 valence electrons. The van der Waals surface area contributed by atoms with Crippen molar-refractivity contribution >= 4 is 17.0 Å². The van der Waals surface area contributed by atoms with Crippen LogP contribution in [0.2, 0.25) is 0 Å². The number of hydrogen-bond acceptors (Lipinski definition) is 4. The highest BCUT2D eigenvalue weighted by atomic mass is 16.6. The second-order valence-corrected chi connectivity index (χ2v) is 8.59. The molecule has 1 aromatic carbocycles. The first-order chi connectivity index (χ1) is 12.3. The Labute approximate surface area is 154 Å². The molecule has 2 aliphatic rings. The van der Waals surface area contributed by atoms with Crippen molar-refractivity contribution in [2.45, 2.75) is 69.7 Å². The van der Waals surface area contributed by atoms with Gasteiger partial charge in [-0.25, -0.2) is 4.79 Å². The zero-order chi connectivity index (χ0) is 18.5. The van der Waals surface area contributed by atoms with Crippen molar-refractivity contribution in [1.29, 1.82) is 0 Å². The van der Waals surface area contributed by atoms with E-state index in [0.29, 0.717) is 12.8 Å². The van der Waals surface area contributed by atoms with Crippen LogP contribution < -0.4 is 0 Å². The van der Waals surface area contributed by atoms with E-state index in [1.165, 1.54) is 0 Å². The number of nitrogens with zero attached hydrogens (tertiary/aromatic N) is 2. The lowest BCUT2D eigenvalue weighted by Gasteiger charge is -2.44. The molecule has 4 rings (SSSR count). The Morgan fingerprint density at radius 1 is 1.19 bits per heavy atom. The van der Waals surface area contributed by atoms with Gasteiger partial charge in [-0.3, -0.25) is 4.98 Å². The number of carbonyl (C=O) groups excluding carboxylic acids is 1. The van der Waals surface area contributed by atoms with Crippen LogP contribution in [0.1, 0.15) is 52.0 Å². The van der Waals surface area contributed by atoms with E-state index in [9.17, 15) is 9.90 Å². The topological polar surface area (TPSA) is 62.7 Å². The van der Waals surface area contributed by atoms with Crippen molar-refractivity contribution in [3.05, 3.63) is 42.1 Å². The molecular formula is C21H26N2O3. The quantitative estimate of drug-likeness (QED) is 0.841. The maximum Gasteiger partial charge on any atom is 0.410 e. The van der Waals surface area contributed by atoms with Crippen LogP contribution in [0.3, 0.4) is 0 Å². The van der Waals surface area contributed by atoms with Gasteiger partial charge in [-0.05, 0) is 51.3 Å². The predicted molar refractivity (Wildman–Crippen MR) is 99.8 cm³/mol. The molecule has 2 aromatic rings. The van der Waals surface area contributed by atoms with E-state index in [2.05, 4.69) is 4.98 Å². The highest BCUT2D eigenvalue weighted by Gasteiger charge is 2.51. The standard InChI is InChI=1S/C21H26N2O3/c1-20(2,3)26-19(24)23-14-8-9-15(23)13-21(25,12-14)17-10-11-22-18-7-5-4-6-16(17)18/h4-7,10-11,14-15,25H,8-9,12-13H2,1-3H3. The third-order valence-electron chi connectivity index (χ3n) is 5.52. The summed E-state index contributed by atoms with van der Waals surface area (Å²) in [5.41, 5.74) is 0.363. The first-order valence-corrected chi connectivity index (χ1v) is 9.35. The first-order valence-electron chi connectivity index (χ1n) is 9.35. The van der Waals surface area contributed by atoms with Crippen molar-refractivity contribution < 1.29 is 14.6 Å². The lowest BCUT2D eigenvalue weighted by molar-refractivity contribution is -0.0616. The average Bonchev–Trinajstić information content (AvgIpc) is 2.85. The molecule has 1 N–H and O–H groups in total. The van der Waals surface area contributed by atoms with Gasteiger partial charge in [0.2, 0.25) is 0 Å². The van der Waals surface area contributed by atoms with E-state index in [1.54, 1.807) is 6.20 Å². The van der Waals surface area contributed by atoms with Crippen LogP contribution in [-0.4, -0.2) is 38.8 Å². The molecule has 26 heavy (non-hydrogen) atoms. The summed E-state index contributed by atoms with van der Waals surface area (Å²) < 4.78 is 5.60. The van der Waals surface area contributed by atoms with Crippen LogP contribution in [0.5, 0.6) is 0 Å². The van der Waals surface area contributed by atoms with Crippen LogP contribution in [0.25, 0.3) is 10.9 Å². The van der Waals surface area contributed by atoms with Crippen LogP contribution in [0.4, 0.5) is 4.79 Å². The largest absolute Gasteiger partial charge is 0.444 e. The lowest BCUT2D eigenvalue weighted by atomic mass is 9.79. The van der Waals surface area contributed by atoms with Gasteiger partial charge in [-0.1, -0.05) is 18.2 Å². The van der Waals surface area contributed by atoms with Gasteiger partial charge in [0.05, 0.1) is 11.1 Å². The number of pyridine rings is 1. The third-order valence-corrected chi connectivity index (χ3v) is 5.52. The van der Waals surface area contributed by atoms with Gasteiger partial charge in [-0.2, -0.15) is 0 Å². The molecule has 2 unspecified atom stereocenters. The number of amides is 1. The summed E-state index contributed by atoms with van der Waals surface area (Å²) in [4.78, 5) is 18.9. The molecule has 3 heterocycles. The minimum absolute atomic E-state index is 0.0144. The molecule has 2 fully saturated rings. The van der Waals surface area contributed by atoms with Gasteiger partial charge in [0.15, 0.2) is 0 Å². The smallest absolute Gasteiger partial charge is 0.410 e. The fraction of sp³-hybridized carbons (Fsp3) is 0.524. The molecule has 0 aliphatic carbocycles. The zero-order valence-electron chi connectivity index (χ0n) is 15.6. The molecule has 2 atom stereocenters. The predicted octanol–water partition coefficient (Wildman–Crippen LogP) is 3.98. The number of aromatic nitrogens is 1. The van der Waals surface area contributed by atoms with Crippen LogP contribution in [0, 0.1) is 0 Å². The lowest BCUT2D eigenvalue weighted by Crippen LogP contribution is -2.53. The Hall–Kier alpha value is -2.14. The zero-order valence-corrected chi connectivity index (χ0v) is 15.6. The van der Waals surface area contributed by atoms with Crippen molar-refractivity contribution in [2.75, 3.05) is 0 Å². The molecule has 1 aromatic heterocycles. The Balaban J connectivity index is 1.65. The summed E-state index contributed by atoms with van der Waals surface area (Å²) in [6.45, 7) is 5.66. The SMILES string of the molecule is CC(C)(C)OC(=O)N1C2CCC1CC(O)(c1ccnc3ccccc13)C2. The van der Waals surface area contributed by atoms with Gasteiger partial charge in [0.25, 0.3) is 0 Å². The van der Waals surface area contributed by atoms with Crippen LogP contribution in [0.15, 0.2) is 36.5 Å². The molecule has 0 radical (unpaired) electrons. The Morgan fingerprint density at radius 2 is 1.85 bits per heavy atom. The second-order valence-electron chi connectivity index (χ2n) is 8.59. The fourth-order valence-electron chi connectivity index (χ4n) is 4.56. The van der Waals surface area contributed by atoms with Gasteiger partial charge >= 0.3 is 6.09 Å². The first kappa shape index (κ1) is 17.3. The summed E-state index contributed by atoms with van der Waals surface area (Å²) in [7, 11) is 0. The number of hydrogen-bond donors (Lipinski definition) is 1. The summed E-state index contributed by atoms with van der Waals surface area (Å²) in [5.74, 6) is 0. The highest BCUT2D eigenvalue weighted by Crippen LogP contribution is 2.47. The molecule has 5 nitrogen and oxygen atoms in total. The van der Waals surface area contributed by atoms with Gasteiger partial charge in [-0.15, -0.1) is 0 Å². The molecule has 0 spiro atoms. The number of benzene rings is 1. The Morgan fingerprint density at radius 3 is 2.50 bits per heavy atom. The van der Waals surface area contributed by atoms with Crippen molar-refractivity contribution in [3.63, 3.8) is 0 Å². The maximum atomic E-state index is 12.6. The molecule has 2 aliphatic heterocycles. The molecule has 5 heteroatoms. The van der Waals surface area contributed by atoms with Gasteiger partial charge < -0.3 is 14.7 Å². The van der Waals surface area contributed by atoms with Crippen LogP contribution in [-0.2, 0) is 10.3 Å². The fourth-order valence-corrected chi connectivity index (χ4v) is 4.56. The minimum atomic E-state index is -0.938. The van der Waals surface area contributed by atoms with Gasteiger partial charge in [0.1, 0.15) is 5.60 Å². The summed E-state index contributed by atoms with van der Waals surface area (Å²) in [5, 5.41) is 12.5. The number of aliphatic hydroxyl groups is 1. The molecular weight excluding hydrogens is 328 g/mol. The molecule has 0 saturated carbocycles. The number of carbonyl (C=O) groups is 1. The number of rotatable bonds is 1. The summed E-state index contributed by atoms with van der Waals surface area (Å²) in [6, 6.07) is 9.86. The molecule has 2 bridgehead atoms. The van der Waals surface area contributed by atoms with Crippen molar-refractivity contribution in [1.82, 2.24) is 9.88 Å². The average molecular weight is 354 g/mol. The van der Waals surface area contributed by atoms with Crippen molar-refractivity contribution in [2.24, 2.45) is 0 Å². The van der Waals surface area contributed by atoms with E-state index in [1.807, 2.05) is 56.0 Å². The van der Waals surface area contributed by atoms with E-state index in [-0.39, 0.29) is 18.2 Å². The highest BCUT2D eigenvalue weighted by molar-refractivity contribution is 5.83. The monoisotopic (exact) mass is 354 g/mol. The number of para-hydroxylation sites is 1. The Bertz CT molecular complexity index is 823. The summed E-state index contributed by atoms with van der Waals surface area (Å²) in [6.07, 6.45) is 4.40. The van der Waals surface area contributed by atoms with Crippen LogP contribution >= 0.6 is 0 Å². The van der Waals surface area contributed by atoms with Gasteiger partial charge in [0, 0.05) is 36.5 Å². The number of fused-ring (bicyclic) bond motifs is 3. The number of ether oxygens (including phenoxy) is 1. The number of piperidine rings is 1. The van der Waals surface area contributed by atoms with E-state index < -0.39 is 11.2 Å².